The molecule has 1 heterocycles. The number of para-hydroxylation sites is 1. The van der Waals surface area contributed by atoms with Crippen LogP contribution < -0.4 is 4.90 Å². The molecule has 0 amide bonds. The smallest absolute Gasteiger partial charge is 0.0540 e. The van der Waals surface area contributed by atoms with E-state index in [-0.39, 0.29) is 0 Å². The SMILES string of the molecule is c1ccc(-c2ccccc2N(c2ccc(-c3ccc4c(ccc5ccc6ccc7ccccc7c6c54)c3)cc2)c2cccc(-c3ccc4sc5ccccc5c4c3)c2)cc1. The van der Waals surface area contributed by atoms with Gasteiger partial charge in [-0.3, -0.25) is 0 Å². The van der Waals surface area contributed by atoms with E-state index in [0.29, 0.717) is 0 Å². The molecular weight excluding hydrogens is 743 g/mol. The molecule has 12 aromatic rings. The van der Waals surface area contributed by atoms with E-state index in [1.165, 1.54) is 96.6 Å². The third-order valence-corrected chi connectivity index (χ3v) is 13.4. The summed E-state index contributed by atoms with van der Waals surface area (Å²) in [6.45, 7) is 0. The highest BCUT2D eigenvalue weighted by molar-refractivity contribution is 7.25. The van der Waals surface area contributed by atoms with E-state index in [1.54, 1.807) is 0 Å². The Labute approximate surface area is 352 Å². The second kappa shape index (κ2) is 14.1. The van der Waals surface area contributed by atoms with E-state index in [0.717, 1.165) is 17.1 Å². The maximum atomic E-state index is 2.41. The molecule has 0 radical (unpaired) electrons. The minimum atomic E-state index is 1.10. The topological polar surface area (TPSA) is 3.24 Å². The monoisotopic (exact) mass is 779 g/mol. The van der Waals surface area contributed by atoms with Crippen LogP contribution in [0.25, 0.3) is 96.6 Å². The van der Waals surface area contributed by atoms with Crippen molar-refractivity contribution < 1.29 is 0 Å². The van der Waals surface area contributed by atoms with Gasteiger partial charge in [-0.15, -0.1) is 11.3 Å². The Balaban J connectivity index is 0.974. The first-order valence-corrected chi connectivity index (χ1v) is 21.4. The summed E-state index contributed by atoms with van der Waals surface area (Å²) >= 11 is 1.86. The van der Waals surface area contributed by atoms with Crippen molar-refractivity contribution >= 4 is 91.7 Å². The van der Waals surface area contributed by atoms with Crippen molar-refractivity contribution in [2.75, 3.05) is 4.90 Å². The van der Waals surface area contributed by atoms with E-state index in [9.17, 15) is 0 Å². The first-order chi connectivity index (χ1) is 29.7. The van der Waals surface area contributed by atoms with Gasteiger partial charge in [0.05, 0.1) is 5.69 Å². The van der Waals surface area contributed by atoms with Crippen LogP contribution in [0, 0.1) is 0 Å². The molecule has 0 unspecified atom stereocenters. The van der Waals surface area contributed by atoms with Crippen molar-refractivity contribution in [3.8, 4) is 33.4 Å². The van der Waals surface area contributed by atoms with Crippen LogP contribution in [0.15, 0.2) is 224 Å². The van der Waals surface area contributed by atoms with Crippen molar-refractivity contribution in [3.05, 3.63) is 224 Å². The highest BCUT2D eigenvalue weighted by Gasteiger charge is 2.19. The lowest BCUT2D eigenvalue weighted by Gasteiger charge is -2.28. The Morgan fingerprint density at radius 2 is 0.867 bits per heavy atom. The Morgan fingerprint density at radius 1 is 0.283 bits per heavy atom. The van der Waals surface area contributed by atoms with E-state index in [1.807, 2.05) is 11.3 Å². The molecule has 0 saturated heterocycles. The first-order valence-electron chi connectivity index (χ1n) is 20.6. The number of hydrogen-bond acceptors (Lipinski definition) is 2. The number of anilines is 3. The van der Waals surface area contributed by atoms with Crippen LogP contribution in [-0.4, -0.2) is 0 Å². The maximum Gasteiger partial charge on any atom is 0.0540 e. The van der Waals surface area contributed by atoms with Crippen molar-refractivity contribution in [2.45, 2.75) is 0 Å². The highest BCUT2D eigenvalue weighted by Crippen LogP contribution is 2.44. The molecule has 0 aliphatic rings. The lowest BCUT2D eigenvalue weighted by molar-refractivity contribution is 1.28. The number of thiophene rings is 1. The molecule has 60 heavy (non-hydrogen) atoms. The van der Waals surface area contributed by atoms with Crippen molar-refractivity contribution in [1.29, 1.82) is 0 Å². The molecule has 0 atom stereocenters. The number of fused-ring (bicyclic) bond motifs is 10. The summed E-state index contributed by atoms with van der Waals surface area (Å²) in [5.41, 5.74) is 10.5. The van der Waals surface area contributed by atoms with Gasteiger partial charge in [0.2, 0.25) is 0 Å². The fourth-order valence-corrected chi connectivity index (χ4v) is 10.4. The molecule has 11 aromatic carbocycles. The fourth-order valence-electron chi connectivity index (χ4n) is 9.32. The highest BCUT2D eigenvalue weighted by atomic mass is 32.1. The molecule has 0 aliphatic carbocycles. The van der Waals surface area contributed by atoms with Crippen LogP contribution in [0.5, 0.6) is 0 Å². The summed E-state index contributed by atoms with van der Waals surface area (Å²) < 4.78 is 2.64. The zero-order valence-electron chi connectivity index (χ0n) is 32.7. The Hall–Kier alpha value is -7.52. The van der Waals surface area contributed by atoms with E-state index < -0.39 is 0 Å². The molecule has 1 nitrogen and oxygen atoms in total. The van der Waals surface area contributed by atoms with E-state index in [4.69, 9.17) is 0 Å². The van der Waals surface area contributed by atoms with Gasteiger partial charge in [-0.2, -0.15) is 0 Å². The summed E-state index contributed by atoms with van der Waals surface area (Å²) in [4.78, 5) is 2.41. The van der Waals surface area contributed by atoms with Crippen LogP contribution in [-0.2, 0) is 0 Å². The van der Waals surface area contributed by atoms with Crippen LogP contribution in [0.4, 0.5) is 17.1 Å². The van der Waals surface area contributed by atoms with Crippen molar-refractivity contribution in [1.82, 2.24) is 0 Å². The standard InChI is InChI=1S/C58H37NS/c1-2-11-39(12-3-1)49-16-6-8-19-54(49)59(48-15-10-14-43(36-48)45-30-34-56-53(37-45)52-18-7-9-20-55(52)60-56)47-31-27-38(28-32-47)44-29-33-51-46(35-44)26-25-42-24-23-41-22-21-40-13-4-5-17-50(40)57(41)58(42)51/h1-37H. The molecule has 280 valence electrons. The molecule has 0 bridgehead atoms. The fraction of sp³-hybridized carbons (Fsp3) is 0. The zero-order valence-corrected chi connectivity index (χ0v) is 33.5. The molecular formula is C58H37NS. The van der Waals surface area contributed by atoms with E-state index >= 15 is 0 Å². The van der Waals surface area contributed by atoms with Crippen LogP contribution in [0.1, 0.15) is 0 Å². The maximum absolute atomic E-state index is 2.41. The lowest BCUT2D eigenvalue weighted by atomic mass is 9.92. The Bertz CT molecular complexity index is 3590. The summed E-state index contributed by atoms with van der Waals surface area (Å²) in [5, 5.41) is 12.9. The summed E-state index contributed by atoms with van der Waals surface area (Å²) in [6, 6.07) is 82.5. The first kappa shape index (κ1) is 34.5. The average molecular weight is 780 g/mol. The number of benzene rings is 11. The van der Waals surface area contributed by atoms with Crippen LogP contribution in [0.2, 0.25) is 0 Å². The molecule has 0 aliphatic heterocycles. The Kier molecular flexibility index (Phi) is 8.11. The van der Waals surface area contributed by atoms with Crippen LogP contribution >= 0.6 is 11.3 Å². The third kappa shape index (κ3) is 5.76. The van der Waals surface area contributed by atoms with Gasteiger partial charge in [0.15, 0.2) is 0 Å². The van der Waals surface area contributed by atoms with Gasteiger partial charge in [-0.05, 0) is 126 Å². The van der Waals surface area contributed by atoms with Crippen LogP contribution in [0.3, 0.4) is 0 Å². The van der Waals surface area contributed by atoms with Gasteiger partial charge in [0.25, 0.3) is 0 Å². The number of rotatable bonds is 6. The summed E-state index contributed by atoms with van der Waals surface area (Å²) in [6.07, 6.45) is 0. The Morgan fingerprint density at radius 3 is 1.70 bits per heavy atom. The molecule has 0 saturated carbocycles. The van der Waals surface area contributed by atoms with Gasteiger partial charge in [-0.1, -0.05) is 170 Å². The van der Waals surface area contributed by atoms with Gasteiger partial charge in [0.1, 0.15) is 0 Å². The average Bonchev–Trinajstić information content (AvgIpc) is 3.70. The predicted molar refractivity (Wildman–Crippen MR) is 260 cm³/mol. The van der Waals surface area contributed by atoms with Crippen molar-refractivity contribution in [2.24, 2.45) is 0 Å². The number of nitrogens with zero attached hydrogens (tertiary/aromatic N) is 1. The summed E-state index contributed by atoms with van der Waals surface area (Å²) in [7, 11) is 0. The lowest BCUT2D eigenvalue weighted by Crippen LogP contribution is -2.11. The largest absolute Gasteiger partial charge is 0.310 e. The van der Waals surface area contributed by atoms with Gasteiger partial charge in [0, 0.05) is 37.1 Å². The molecule has 0 N–H and O–H groups in total. The minimum Gasteiger partial charge on any atom is -0.310 e. The zero-order chi connectivity index (χ0) is 39.6. The van der Waals surface area contributed by atoms with Gasteiger partial charge < -0.3 is 4.90 Å². The van der Waals surface area contributed by atoms with Gasteiger partial charge in [-0.25, -0.2) is 0 Å². The minimum absolute atomic E-state index is 1.10. The second-order valence-corrected chi connectivity index (χ2v) is 16.8. The van der Waals surface area contributed by atoms with Crippen molar-refractivity contribution in [3.63, 3.8) is 0 Å². The van der Waals surface area contributed by atoms with Gasteiger partial charge >= 0.3 is 0 Å². The molecule has 1 aromatic heterocycles. The molecule has 0 fully saturated rings. The summed E-state index contributed by atoms with van der Waals surface area (Å²) in [5.74, 6) is 0. The quantitative estimate of drug-likeness (QED) is 0.152. The normalized spacial score (nSPS) is 11.7. The number of hydrogen-bond donors (Lipinski definition) is 0. The predicted octanol–water partition coefficient (Wildman–Crippen LogP) is 17.1. The molecule has 12 rings (SSSR count). The molecule has 2 heteroatoms. The molecule has 0 spiro atoms. The van der Waals surface area contributed by atoms with E-state index in [2.05, 4.69) is 229 Å². The second-order valence-electron chi connectivity index (χ2n) is 15.7. The third-order valence-electron chi connectivity index (χ3n) is 12.2.